The standard InChI is InChI=1S/C21H24N2.Ni/c1-14-9-16(3)20(17(4)10-14)22-7-8-23(13-22)21-18(5)11-15(2)12-19(21)6;/h7-12H,1-6H3;. The summed E-state index contributed by atoms with van der Waals surface area (Å²) in [6, 6.07) is 8.87. The molecule has 1 aromatic heterocycles. The first-order chi connectivity index (χ1) is 11.3. The number of nitrogens with zero attached hydrogens (tertiary/aromatic N) is 2. The molecule has 128 valence electrons. The van der Waals surface area contributed by atoms with Crippen LogP contribution in [0.2, 0.25) is 0 Å². The molecule has 0 N–H and O–H groups in total. The molecule has 0 spiro atoms. The normalized spacial score (nSPS) is 11.2. The van der Waals surface area contributed by atoms with Gasteiger partial charge >= 0.3 is 152 Å². The summed E-state index contributed by atoms with van der Waals surface area (Å²) in [5.41, 5.74) is 9.99. The van der Waals surface area contributed by atoms with E-state index in [4.69, 9.17) is 15.0 Å². The summed E-state index contributed by atoms with van der Waals surface area (Å²) < 4.78 is 5.13. The minimum absolute atomic E-state index is 0.847. The molecule has 3 aromatic rings. The Morgan fingerprint density at radius 1 is 0.583 bits per heavy atom. The predicted molar refractivity (Wildman–Crippen MR) is 96.8 cm³/mol. The summed E-state index contributed by atoms with van der Waals surface area (Å²) in [6.07, 6.45) is 4.17. The van der Waals surface area contributed by atoms with Crippen molar-refractivity contribution in [2.75, 3.05) is 0 Å². The molecule has 2 nitrogen and oxygen atoms in total. The van der Waals surface area contributed by atoms with E-state index in [9.17, 15) is 0 Å². The molecular formula is C21H24N2Ni. The van der Waals surface area contributed by atoms with Gasteiger partial charge in [-0.1, -0.05) is 0 Å². The molecule has 0 radical (unpaired) electrons. The third-order valence-corrected chi connectivity index (χ3v) is 4.96. The van der Waals surface area contributed by atoms with Crippen molar-refractivity contribution in [2.24, 2.45) is 0 Å². The molecule has 0 saturated heterocycles. The molecule has 0 amide bonds. The van der Waals surface area contributed by atoms with Crippen LogP contribution in [-0.4, -0.2) is 9.13 Å². The first kappa shape index (κ1) is 17.0. The van der Waals surface area contributed by atoms with Crippen molar-refractivity contribution < 1.29 is 15.0 Å². The molecule has 3 heteroatoms. The van der Waals surface area contributed by atoms with Gasteiger partial charge in [0.05, 0.1) is 0 Å². The van der Waals surface area contributed by atoms with Gasteiger partial charge in [-0.3, -0.25) is 0 Å². The summed E-state index contributed by atoms with van der Waals surface area (Å²) in [6.45, 7) is 12.9. The fraction of sp³-hybridized carbons (Fsp3) is 0.286. The number of benzene rings is 2. The van der Waals surface area contributed by atoms with Gasteiger partial charge in [-0.05, 0) is 0 Å². The first-order valence-corrected chi connectivity index (χ1v) is 8.71. The fourth-order valence-corrected chi connectivity index (χ4v) is 4.16. The topological polar surface area (TPSA) is 9.86 Å². The number of imidazole rings is 1. The quantitative estimate of drug-likeness (QED) is 0.554. The van der Waals surface area contributed by atoms with E-state index >= 15 is 0 Å². The maximum absolute atomic E-state index is 5.46. The monoisotopic (exact) mass is 362 g/mol. The number of hydrogen-bond acceptors (Lipinski definition) is 0. The van der Waals surface area contributed by atoms with Crippen molar-refractivity contribution >= 4 is 0 Å². The van der Waals surface area contributed by atoms with Gasteiger partial charge in [0.15, 0.2) is 0 Å². The van der Waals surface area contributed by atoms with Crippen LogP contribution >= 0.6 is 0 Å². The second-order valence-electron chi connectivity index (χ2n) is 6.77. The summed E-state index contributed by atoms with van der Waals surface area (Å²) in [7, 11) is 0. The van der Waals surface area contributed by atoms with Crippen LogP contribution in [0.4, 0.5) is 0 Å². The Morgan fingerprint density at radius 2 is 0.875 bits per heavy atom. The molecule has 0 aliphatic heterocycles. The molecule has 0 aliphatic carbocycles. The van der Waals surface area contributed by atoms with Crippen molar-refractivity contribution in [3.8, 4) is 11.4 Å². The Balaban J connectivity index is 2.24. The van der Waals surface area contributed by atoms with Gasteiger partial charge in [-0.25, -0.2) is 0 Å². The van der Waals surface area contributed by atoms with Gasteiger partial charge in [-0.2, -0.15) is 0 Å². The Hall–Kier alpha value is -1.86. The maximum atomic E-state index is 5.46. The molecular weight excluding hydrogens is 339 g/mol. The van der Waals surface area contributed by atoms with Crippen LogP contribution in [0.15, 0.2) is 36.7 Å². The third-order valence-electron chi connectivity index (χ3n) is 4.49. The van der Waals surface area contributed by atoms with Crippen LogP contribution < -0.4 is 0 Å². The van der Waals surface area contributed by atoms with E-state index in [-0.39, 0.29) is 0 Å². The van der Waals surface area contributed by atoms with Gasteiger partial charge in [-0.15, -0.1) is 0 Å². The van der Waals surface area contributed by atoms with Crippen molar-refractivity contribution in [1.82, 2.24) is 9.13 Å². The van der Waals surface area contributed by atoms with Crippen molar-refractivity contribution in [2.45, 2.75) is 41.5 Å². The van der Waals surface area contributed by atoms with Crippen LogP contribution in [0.5, 0.6) is 0 Å². The molecule has 0 unspecified atom stereocenters. The Bertz CT molecular complexity index is 865. The van der Waals surface area contributed by atoms with Crippen LogP contribution in [0.25, 0.3) is 11.4 Å². The fourth-order valence-electron chi connectivity index (χ4n) is 3.79. The molecule has 24 heavy (non-hydrogen) atoms. The zero-order chi connectivity index (χ0) is 17.6. The zero-order valence-corrected chi connectivity index (χ0v) is 16.2. The van der Waals surface area contributed by atoms with Crippen molar-refractivity contribution in [1.29, 1.82) is 0 Å². The number of aromatic nitrogens is 2. The predicted octanol–water partition coefficient (Wildman–Crippen LogP) is 5.20. The summed E-state index contributed by atoms with van der Waals surface area (Å²) in [5.74, 6) is 0. The summed E-state index contributed by atoms with van der Waals surface area (Å²) in [5, 5.41) is 0. The molecule has 3 rings (SSSR count). The van der Waals surface area contributed by atoms with Crippen LogP contribution in [0, 0.1) is 45.9 Å². The van der Waals surface area contributed by atoms with Gasteiger partial charge in [0.2, 0.25) is 0 Å². The molecule has 0 atom stereocenters. The van der Waals surface area contributed by atoms with Crippen LogP contribution in [0.1, 0.15) is 33.4 Å². The van der Waals surface area contributed by atoms with Gasteiger partial charge < -0.3 is 0 Å². The summed E-state index contributed by atoms with van der Waals surface area (Å²) in [4.78, 5) is 0. The van der Waals surface area contributed by atoms with Crippen LogP contribution in [-0.2, 0) is 15.0 Å². The van der Waals surface area contributed by atoms with E-state index < -0.39 is 0 Å². The zero-order valence-electron chi connectivity index (χ0n) is 15.2. The molecule has 0 saturated carbocycles. The SMILES string of the molecule is Cc1cc(C)c(-n2ccn(-c3c(C)cc(C)cc3C)[c]2=[Ni])c(C)c1. The Labute approximate surface area is 151 Å². The van der Waals surface area contributed by atoms with Gasteiger partial charge in [0.25, 0.3) is 0 Å². The summed E-state index contributed by atoms with van der Waals surface area (Å²) >= 11 is 5.46. The molecule has 0 bridgehead atoms. The first-order valence-electron chi connectivity index (χ1n) is 8.21. The number of aryl methyl sites for hydroxylation is 6. The average molecular weight is 363 g/mol. The van der Waals surface area contributed by atoms with Crippen molar-refractivity contribution in [3.05, 3.63) is 74.4 Å². The molecule has 0 aliphatic rings. The second-order valence-corrected chi connectivity index (χ2v) is 7.22. The van der Waals surface area contributed by atoms with E-state index in [2.05, 4.69) is 87.3 Å². The minimum atomic E-state index is 0.847. The Kier molecular flexibility index (Phi) is 4.40. The number of rotatable bonds is 2. The van der Waals surface area contributed by atoms with E-state index in [0.717, 1.165) is 4.40 Å². The van der Waals surface area contributed by atoms with Crippen LogP contribution in [0.3, 0.4) is 0 Å². The molecule has 0 fully saturated rings. The van der Waals surface area contributed by atoms with Crippen molar-refractivity contribution in [3.63, 3.8) is 0 Å². The van der Waals surface area contributed by atoms with Gasteiger partial charge in [0, 0.05) is 0 Å². The van der Waals surface area contributed by atoms with E-state index in [0.29, 0.717) is 0 Å². The molecule has 2 aromatic carbocycles. The van der Waals surface area contributed by atoms with E-state index in [1.807, 2.05) is 0 Å². The van der Waals surface area contributed by atoms with E-state index in [1.165, 1.54) is 44.8 Å². The van der Waals surface area contributed by atoms with Gasteiger partial charge in [0.1, 0.15) is 0 Å². The third kappa shape index (κ3) is 2.82. The average Bonchev–Trinajstić information content (AvgIpc) is 2.79. The second kappa shape index (κ2) is 6.22. The van der Waals surface area contributed by atoms with E-state index in [1.54, 1.807) is 0 Å². The number of hydrogen-bond donors (Lipinski definition) is 0. The molecule has 1 heterocycles. The Morgan fingerprint density at radius 3 is 1.17 bits per heavy atom.